The molecule has 0 saturated carbocycles. The molecule has 1 atom stereocenters. The summed E-state index contributed by atoms with van der Waals surface area (Å²) in [6.45, 7) is 14.9. The van der Waals surface area contributed by atoms with Gasteiger partial charge in [0.1, 0.15) is 5.00 Å². The van der Waals surface area contributed by atoms with Gasteiger partial charge >= 0.3 is 0 Å². The molecular formula is C26H37N3O2S. The zero-order valence-electron chi connectivity index (χ0n) is 20.3. The van der Waals surface area contributed by atoms with E-state index in [4.69, 9.17) is 0 Å². The Bertz CT molecular complexity index is 953. The molecule has 174 valence electrons. The predicted molar refractivity (Wildman–Crippen MR) is 135 cm³/mol. The Morgan fingerprint density at radius 2 is 1.75 bits per heavy atom. The fraction of sp³-hybridized carbons (Fsp3) is 0.538. The fourth-order valence-electron chi connectivity index (χ4n) is 4.30. The molecule has 0 radical (unpaired) electrons. The van der Waals surface area contributed by atoms with E-state index in [1.807, 2.05) is 45.0 Å². The van der Waals surface area contributed by atoms with Crippen molar-refractivity contribution >= 4 is 33.8 Å². The van der Waals surface area contributed by atoms with E-state index in [0.29, 0.717) is 23.0 Å². The van der Waals surface area contributed by atoms with Gasteiger partial charge in [0, 0.05) is 10.6 Å². The lowest BCUT2D eigenvalue weighted by molar-refractivity contribution is -0.117. The number of likely N-dealkylation sites (N-methyl/N-ethyl adjacent to an activating group) is 1. The van der Waals surface area contributed by atoms with Crippen molar-refractivity contribution in [2.24, 2.45) is 11.3 Å². The molecule has 0 saturated heterocycles. The van der Waals surface area contributed by atoms with Crippen LogP contribution in [-0.2, 0) is 17.6 Å². The summed E-state index contributed by atoms with van der Waals surface area (Å²) in [4.78, 5) is 29.5. The Hall–Kier alpha value is -2.18. The third kappa shape index (κ3) is 5.78. The number of amides is 2. The van der Waals surface area contributed by atoms with Crippen LogP contribution in [0.5, 0.6) is 0 Å². The summed E-state index contributed by atoms with van der Waals surface area (Å²) < 4.78 is 0. The summed E-state index contributed by atoms with van der Waals surface area (Å²) in [7, 11) is 0. The number of aryl methyl sites for hydroxylation is 1. The topological polar surface area (TPSA) is 61.4 Å². The third-order valence-corrected chi connectivity index (χ3v) is 7.71. The van der Waals surface area contributed by atoms with Crippen LogP contribution in [-0.4, -0.2) is 36.3 Å². The summed E-state index contributed by atoms with van der Waals surface area (Å²) in [5.41, 5.74) is 3.89. The highest BCUT2D eigenvalue weighted by molar-refractivity contribution is 7.17. The minimum Gasteiger partial charge on any atom is -0.322 e. The van der Waals surface area contributed by atoms with E-state index in [-0.39, 0.29) is 17.2 Å². The van der Waals surface area contributed by atoms with Crippen LogP contribution in [0.1, 0.15) is 67.4 Å². The lowest BCUT2D eigenvalue weighted by Crippen LogP contribution is -2.33. The Labute approximate surface area is 196 Å². The second-order valence-corrected chi connectivity index (χ2v) is 10.9. The van der Waals surface area contributed by atoms with Crippen LogP contribution >= 0.6 is 11.3 Å². The van der Waals surface area contributed by atoms with Crippen molar-refractivity contribution in [3.63, 3.8) is 0 Å². The van der Waals surface area contributed by atoms with Gasteiger partial charge in [-0.15, -0.1) is 11.3 Å². The first kappa shape index (κ1) is 24.5. The molecule has 1 aliphatic rings. The molecule has 2 N–H and O–H groups in total. The molecule has 3 rings (SSSR count). The second kappa shape index (κ2) is 10.2. The monoisotopic (exact) mass is 455 g/mol. The largest absolute Gasteiger partial charge is 0.322 e. The predicted octanol–water partition coefficient (Wildman–Crippen LogP) is 5.74. The molecule has 32 heavy (non-hydrogen) atoms. The molecule has 1 aromatic heterocycles. The lowest BCUT2D eigenvalue weighted by atomic mass is 9.72. The fourth-order valence-corrected chi connectivity index (χ4v) is 5.64. The summed E-state index contributed by atoms with van der Waals surface area (Å²) in [6.07, 6.45) is 2.89. The second-order valence-electron chi connectivity index (χ2n) is 9.84. The first-order valence-electron chi connectivity index (χ1n) is 11.7. The lowest BCUT2D eigenvalue weighted by Gasteiger charge is -2.33. The Kier molecular flexibility index (Phi) is 7.78. The van der Waals surface area contributed by atoms with Crippen LogP contribution in [0.4, 0.5) is 10.7 Å². The van der Waals surface area contributed by atoms with Gasteiger partial charge in [0.05, 0.1) is 12.1 Å². The van der Waals surface area contributed by atoms with Crippen molar-refractivity contribution in [3.05, 3.63) is 45.8 Å². The molecule has 0 bridgehead atoms. The maximum atomic E-state index is 13.4. The normalized spacial score (nSPS) is 16.0. The van der Waals surface area contributed by atoms with Crippen LogP contribution in [0, 0.1) is 18.3 Å². The van der Waals surface area contributed by atoms with Crippen molar-refractivity contribution < 1.29 is 9.59 Å². The molecule has 1 unspecified atom stereocenters. The zero-order valence-corrected chi connectivity index (χ0v) is 21.1. The smallest absolute Gasteiger partial charge is 0.258 e. The Morgan fingerprint density at radius 3 is 2.34 bits per heavy atom. The standard InChI is InChI=1S/C26H37N3O2S/c1-7-29(8-2)16-22(30)28-25-23(24(31)27-19-12-9-17(3)10-13-19)20-14-11-18(26(4,5)6)15-21(20)32-25/h9-10,12-13,18H,7-8,11,14-16H2,1-6H3,(H,27,31)(H,28,30). The van der Waals surface area contributed by atoms with E-state index in [2.05, 4.69) is 36.3 Å². The molecule has 1 aromatic carbocycles. The number of hydrogen-bond donors (Lipinski definition) is 2. The van der Waals surface area contributed by atoms with Gasteiger partial charge in [-0.1, -0.05) is 52.3 Å². The molecule has 1 heterocycles. The maximum absolute atomic E-state index is 13.4. The number of fused-ring (bicyclic) bond motifs is 1. The van der Waals surface area contributed by atoms with E-state index < -0.39 is 0 Å². The van der Waals surface area contributed by atoms with Crippen molar-refractivity contribution in [2.45, 2.75) is 60.8 Å². The molecule has 0 spiro atoms. The molecule has 2 amide bonds. The molecule has 2 aromatic rings. The number of hydrogen-bond acceptors (Lipinski definition) is 4. The van der Waals surface area contributed by atoms with Crippen LogP contribution in [0.25, 0.3) is 0 Å². The van der Waals surface area contributed by atoms with Gasteiger partial charge in [0.2, 0.25) is 5.91 Å². The van der Waals surface area contributed by atoms with Gasteiger partial charge in [-0.2, -0.15) is 0 Å². The number of carbonyl (C=O) groups excluding carboxylic acids is 2. The minimum absolute atomic E-state index is 0.0657. The number of thiophene rings is 1. The van der Waals surface area contributed by atoms with E-state index in [0.717, 1.165) is 49.2 Å². The summed E-state index contributed by atoms with van der Waals surface area (Å²) in [6, 6.07) is 7.80. The average Bonchev–Trinajstić information content (AvgIpc) is 3.09. The Morgan fingerprint density at radius 1 is 1.09 bits per heavy atom. The molecular weight excluding hydrogens is 418 g/mol. The molecule has 0 fully saturated rings. The van der Waals surface area contributed by atoms with Crippen LogP contribution in [0.15, 0.2) is 24.3 Å². The van der Waals surface area contributed by atoms with Gasteiger partial charge in [-0.25, -0.2) is 0 Å². The quantitative estimate of drug-likeness (QED) is 0.560. The number of anilines is 2. The maximum Gasteiger partial charge on any atom is 0.258 e. The van der Waals surface area contributed by atoms with Crippen LogP contribution < -0.4 is 10.6 Å². The van der Waals surface area contributed by atoms with Gasteiger partial charge in [-0.3, -0.25) is 14.5 Å². The van der Waals surface area contributed by atoms with Crippen LogP contribution in [0.2, 0.25) is 0 Å². The summed E-state index contributed by atoms with van der Waals surface area (Å²) >= 11 is 1.58. The molecule has 0 aliphatic heterocycles. The number of benzene rings is 1. The van der Waals surface area contributed by atoms with E-state index in [1.165, 1.54) is 4.88 Å². The number of rotatable bonds is 7. The van der Waals surface area contributed by atoms with Gasteiger partial charge in [0.15, 0.2) is 0 Å². The van der Waals surface area contributed by atoms with Crippen LogP contribution in [0.3, 0.4) is 0 Å². The van der Waals surface area contributed by atoms with Crippen molar-refractivity contribution in [2.75, 3.05) is 30.3 Å². The number of nitrogens with zero attached hydrogens (tertiary/aromatic N) is 1. The third-order valence-electron chi connectivity index (χ3n) is 6.54. The molecule has 1 aliphatic carbocycles. The Balaban J connectivity index is 1.90. The highest BCUT2D eigenvalue weighted by Gasteiger charge is 2.34. The zero-order chi connectivity index (χ0) is 23.5. The van der Waals surface area contributed by atoms with Crippen molar-refractivity contribution in [3.8, 4) is 0 Å². The average molecular weight is 456 g/mol. The van der Waals surface area contributed by atoms with Gasteiger partial charge in [-0.05, 0) is 68.3 Å². The van der Waals surface area contributed by atoms with E-state index >= 15 is 0 Å². The minimum atomic E-state index is -0.140. The van der Waals surface area contributed by atoms with E-state index in [9.17, 15) is 9.59 Å². The number of nitrogens with one attached hydrogen (secondary N) is 2. The number of carbonyl (C=O) groups is 2. The molecule has 5 nitrogen and oxygen atoms in total. The first-order chi connectivity index (χ1) is 15.1. The highest BCUT2D eigenvalue weighted by atomic mass is 32.1. The van der Waals surface area contributed by atoms with Gasteiger partial charge in [0.25, 0.3) is 5.91 Å². The highest BCUT2D eigenvalue weighted by Crippen LogP contribution is 2.44. The summed E-state index contributed by atoms with van der Waals surface area (Å²) in [5, 5.41) is 6.81. The van der Waals surface area contributed by atoms with Crippen molar-refractivity contribution in [1.82, 2.24) is 4.90 Å². The summed E-state index contributed by atoms with van der Waals surface area (Å²) in [5.74, 6) is 0.364. The van der Waals surface area contributed by atoms with Crippen molar-refractivity contribution in [1.29, 1.82) is 0 Å². The SMILES string of the molecule is CCN(CC)CC(=O)Nc1sc2c(c1C(=O)Nc1ccc(C)cc1)CCC(C(C)(C)C)C2. The molecule has 6 heteroatoms. The first-order valence-corrected chi connectivity index (χ1v) is 12.5. The van der Waals surface area contributed by atoms with Gasteiger partial charge < -0.3 is 10.6 Å². The van der Waals surface area contributed by atoms with E-state index in [1.54, 1.807) is 11.3 Å².